The van der Waals surface area contributed by atoms with Crippen molar-refractivity contribution in [2.45, 2.75) is 13.3 Å². The minimum absolute atomic E-state index is 0. The molecule has 1 aromatic rings. The van der Waals surface area contributed by atoms with E-state index in [9.17, 15) is 8.42 Å². The van der Waals surface area contributed by atoms with E-state index in [2.05, 4.69) is 9.71 Å². The van der Waals surface area contributed by atoms with Gasteiger partial charge in [0.25, 0.3) is 0 Å². The van der Waals surface area contributed by atoms with E-state index in [0.717, 1.165) is 5.56 Å². The minimum Gasteiger partial charge on any atom is -0.575 e. The molecule has 1 aliphatic rings. The zero-order valence-electron chi connectivity index (χ0n) is 8.19. The Morgan fingerprint density at radius 1 is 1.50 bits per heavy atom. The molecule has 0 bridgehead atoms. The first-order valence-corrected chi connectivity index (χ1v) is 5.59. The van der Waals surface area contributed by atoms with Gasteiger partial charge in [0.15, 0.2) is 0 Å². The fourth-order valence-electron chi connectivity index (χ4n) is 1.36. The van der Waals surface area contributed by atoms with Gasteiger partial charge in [0.1, 0.15) is 0 Å². The summed E-state index contributed by atoms with van der Waals surface area (Å²) in [5.41, 5.74) is 2.19. The fourth-order valence-corrected chi connectivity index (χ4v) is 2.46. The first-order valence-electron chi connectivity index (χ1n) is 3.99. The molecule has 0 atom stereocenters. The molecule has 2 rings (SSSR count). The van der Waals surface area contributed by atoms with Gasteiger partial charge in [-0.2, -0.15) is 0 Å². The monoisotopic (exact) mass is 282 g/mol. The van der Waals surface area contributed by atoms with Gasteiger partial charge in [0, 0.05) is 17.6 Å². The Morgan fingerprint density at radius 3 is 2.93 bits per heavy atom. The van der Waals surface area contributed by atoms with E-state index >= 15 is 0 Å². The van der Waals surface area contributed by atoms with E-state index in [1.54, 1.807) is 13.1 Å². The summed E-state index contributed by atoms with van der Waals surface area (Å²) in [5, 5.41) is 0. The molecule has 0 unspecified atom stereocenters. The molecule has 0 aliphatic carbocycles. The maximum Gasteiger partial charge on any atom is 1.00 e. The van der Waals surface area contributed by atoms with Gasteiger partial charge in [-0.25, -0.2) is 8.42 Å². The van der Waals surface area contributed by atoms with Gasteiger partial charge in [-0.1, -0.05) is 5.56 Å². The van der Waals surface area contributed by atoms with E-state index in [1.807, 2.05) is 6.07 Å². The molecule has 0 saturated heterocycles. The van der Waals surface area contributed by atoms with Crippen LogP contribution in [0.25, 0.3) is 4.72 Å². The van der Waals surface area contributed by atoms with Crippen LogP contribution < -0.4 is 58.2 Å². The third-order valence-electron chi connectivity index (χ3n) is 2.05. The predicted octanol–water partition coefficient (Wildman–Crippen LogP) is -1.71. The third kappa shape index (κ3) is 2.63. The SMILES string of the molecule is Cc1nccc2c1[N-]S(=O)(=O)CC2.[Rb+]. The second-order valence-corrected chi connectivity index (χ2v) is 4.79. The molecule has 1 aliphatic heterocycles. The van der Waals surface area contributed by atoms with Crippen molar-refractivity contribution in [2.24, 2.45) is 0 Å². The van der Waals surface area contributed by atoms with Crippen LogP contribution in [0.3, 0.4) is 0 Å². The van der Waals surface area contributed by atoms with Gasteiger partial charge in [0.05, 0.1) is 10.0 Å². The number of pyridine rings is 1. The molecule has 1 aromatic heterocycles. The molecule has 6 heteroatoms. The van der Waals surface area contributed by atoms with Crippen molar-refractivity contribution in [3.63, 3.8) is 0 Å². The molecular formula is C8H9N2O2RbS. The standard InChI is InChI=1S/C8H9N2O2S.Rb/c1-6-8-7(2-4-9-6)3-5-13(11,12)10-8;/h2,4H,3,5H2,1H3;/q-1;+1. The smallest absolute Gasteiger partial charge is 0.575 e. The zero-order valence-corrected chi connectivity index (χ0v) is 13.9. The van der Waals surface area contributed by atoms with Gasteiger partial charge in [0.2, 0.25) is 0 Å². The van der Waals surface area contributed by atoms with Crippen LogP contribution in [0.4, 0.5) is 5.69 Å². The zero-order chi connectivity index (χ0) is 9.47. The van der Waals surface area contributed by atoms with Gasteiger partial charge in [-0.15, -0.1) is 5.69 Å². The van der Waals surface area contributed by atoms with Crippen molar-refractivity contribution < 1.29 is 66.6 Å². The Bertz CT molecular complexity index is 445. The van der Waals surface area contributed by atoms with E-state index in [0.29, 0.717) is 17.8 Å². The summed E-state index contributed by atoms with van der Waals surface area (Å²) in [4.78, 5) is 4.00. The maximum atomic E-state index is 11.2. The Balaban J connectivity index is 0.000000980. The van der Waals surface area contributed by atoms with Crippen molar-refractivity contribution in [2.75, 3.05) is 5.75 Å². The molecule has 0 aromatic carbocycles. The van der Waals surface area contributed by atoms with E-state index < -0.39 is 10.0 Å². The van der Waals surface area contributed by atoms with Crippen molar-refractivity contribution in [1.82, 2.24) is 4.98 Å². The Labute approximate surface area is 132 Å². The van der Waals surface area contributed by atoms with Crippen molar-refractivity contribution in [1.29, 1.82) is 0 Å². The van der Waals surface area contributed by atoms with Crippen LogP contribution in [0, 0.1) is 6.92 Å². The third-order valence-corrected chi connectivity index (χ3v) is 3.23. The summed E-state index contributed by atoms with van der Waals surface area (Å²) in [6.07, 6.45) is 2.23. The summed E-state index contributed by atoms with van der Waals surface area (Å²) in [5.74, 6) is 0.115. The average Bonchev–Trinajstić information content (AvgIpc) is 2.06. The quantitative estimate of drug-likeness (QED) is 0.569. The van der Waals surface area contributed by atoms with Gasteiger partial charge in [-0.05, 0) is 19.4 Å². The van der Waals surface area contributed by atoms with Crippen molar-refractivity contribution >= 4 is 15.7 Å². The second-order valence-electron chi connectivity index (χ2n) is 3.03. The molecule has 14 heavy (non-hydrogen) atoms. The van der Waals surface area contributed by atoms with Crippen molar-refractivity contribution in [3.05, 3.63) is 28.2 Å². The fraction of sp³-hybridized carbons (Fsp3) is 0.375. The molecule has 0 radical (unpaired) electrons. The summed E-state index contributed by atoms with van der Waals surface area (Å²) in [6.45, 7) is 1.77. The van der Waals surface area contributed by atoms with Crippen LogP contribution in [-0.2, 0) is 16.4 Å². The Kier molecular flexibility index (Phi) is 4.28. The summed E-state index contributed by atoms with van der Waals surface area (Å²) < 4.78 is 26.0. The number of aryl methyl sites for hydroxylation is 2. The van der Waals surface area contributed by atoms with E-state index in [-0.39, 0.29) is 63.9 Å². The molecule has 0 fully saturated rings. The first-order chi connectivity index (χ1) is 6.08. The molecule has 0 saturated carbocycles. The number of aromatic nitrogens is 1. The van der Waals surface area contributed by atoms with Crippen LogP contribution in [0.5, 0.6) is 0 Å². The molecule has 70 valence electrons. The van der Waals surface area contributed by atoms with E-state index in [4.69, 9.17) is 0 Å². The molecule has 0 spiro atoms. The summed E-state index contributed by atoms with van der Waals surface area (Å²) >= 11 is 0. The largest absolute Gasteiger partial charge is 1.00 e. The maximum absolute atomic E-state index is 11.2. The van der Waals surface area contributed by atoms with Gasteiger partial charge >= 0.3 is 58.2 Å². The van der Waals surface area contributed by atoms with Crippen LogP contribution in [0.2, 0.25) is 0 Å². The number of nitrogens with zero attached hydrogens (tertiary/aromatic N) is 2. The van der Waals surface area contributed by atoms with Gasteiger partial charge in [-0.3, -0.25) is 4.98 Å². The summed E-state index contributed by atoms with van der Waals surface area (Å²) in [6, 6.07) is 1.82. The minimum atomic E-state index is -3.23. The van der Waals surface area contributed by atoms with Gasteiger partial charge < -0.3 is 4.72 Å². The summed E-state index contributed by atoms with van der Waals surface area (Å²) in [7, 11) is -3.23. The average molecular weight is 283 g/mol. The molecular weight excluding hydrogens is 274 g/mol. The van der Waals surface area contributed by atoms with Crippen LogP contribution in [0.1, 0.15) is 11.3 Å². The predicted molar refractivity (Wildman–Crippen MR) is 49.5 cm³/mol. The molecule has 0 amide bonds. The number of hydrogen-bond donors (Lipinski definition) is 0. The van der Waals surface area contributed by atoms with Crippen LogP contribution >= 0.6 is 0 Å². The van der Waals surface area contributed by atoms with Crippen molar-refractivity contribution in [3.8, 4) is 0 Å². The number of rotatable bonds is 0. The van der Waals surface area contributed by atoms with Crippen LogP contribution in [-0.4, -0.2) is 19.2 Å². The molecule has 4 nitrogen and oxygen atoms in total. The topological polar surface area (TPSA) is 61.1 Å². The molecule has 2 heterocycles. The normalized spacial score (nSPS) is 17.5. The second kappa shape index (κ2) is 4.70. The number of fused-ring (bicyclic) bond motifs is 1. The van der Waals surface area contributed by atoms with E-state index in [1.165, 1.54) is 0 Å². The number of sulfonamides is 1. The first kappa shape index (κ1) is 12.8. The molecule has 0 N–H and O–H groups in total. The number of hydrogen-bond acceptors (Lipinski definition) is 3. The van der Waals surface area contributed by atoms with Crippen LogP contribution in [0.15, 0.2) is 12.3 Å². The Morgan fingerprint density at radius 2 is 2.21 bits per heavy atom. The Hall–Kier alpha value is 0.705.